The largest absolute Gasteiger partial charge is 0.394 e. The van der Waals surface area contributed by atoms with Crippen LogP contribution in [0.5, 0.6) is 0 Å². The Morgan fingerprint density at radius 3 is 2.43 bits per heavy atom. The quantitative estimate of drug-likeness (QED) is 0.818. The molecule has 2 unspecified atom stereocenters. The molecule has 1 heterocycles. The summed E-state index contributed by atoms with van der Waals surface area (Å²) < 4.78 is 0. The van der Waals surface area contributed by atoms with E-state index in [0.717, 1.165) is 12.8 Å². The molecule has 3 nitrogen and oxygen atoms in total. The van der Waals surface area contributed by atoms with Crippen LogP contribution in [0, 0.1) is 5.41 Å². The Morgan fingerprint density at radius 2 is 1.90 bits per heavy atom. The summed E-state index contributed by atoms with van der Waals surface area (Å²) in [6.45, 7) is 11.9. The Balaban J connectivity index is 1.95. The highest BCUT2D eigenvalue weighted by Gasteiger charge is 2.40. The Kier molecular flexibility index (Phi) is 5.72. The molecule has 1 aliphatic heterocycles. The summed E-state index contributed by atoms with van der Waals surface area (Å²) in [6, 6.07) is 1.11. The van der Waals surface area contributed by atoms with Crippen molar-refractivity contribution >= 4 is 0 Å². The molecule has 1 saturated carbocycles. The van der Waals surface area contributed by atoms with Gasteiger partial charge in [-0.3, -0.25) is 0 Å². The van der Waals surface area contributed by atoms with Crippen LogP contribution in [0.25, 0.3) is 0 Å². The van der Waals surface area contributed by atoms with Gasteiger partial charge in [0.05, 0.1) is 6.61 Å². The zero-order valence-corrected chi connectivity index (χ0v) is 14.6. The standard InChI is InChI=1S/C18H36N2O/c1-5-17(4)9-11-20(12-10-17)16-7-6-8-18(13-16,14-21)19-15(2)3/h15-16,19,21H,5-14H2,1-4H3. The monoisotopic (exact) mass is 296 g/mol. The van der Waals surface area contributed by atoms with E-state index >= 15 is 0 Å². The summed E-state index contributed by atoms with van der Waals surface area (Å²) in [5.74, 6) is 0. The van der Waals surface area contributed by atoms with Crippen molar-refractivity contribution in [2.24, 2.45) is 5.41 Å². The van der Waals surface area contributed by atoms with E-state index in [2.05, 4.69) is 37.9 Å². The van der Waals surface area contributed by atoms with Gasteiger partial charge in [-0.1, -0.05) is 34.1 Å². The summed E-state index contributed by atoms with van der Waals surface area (Å²) in [6.07, 6.45) is 8.77. The predicted octanol–water partition coefficient (Wildman–Crippen LogP) is 3.17. The van der Waals surface area contributed by atoms with Gasteiger partial charge in [0.2, 0.25) is 0 Å². The van der Waals surface area contributed by atoms with Gasteiger partial charge in [-0.15, -0.1) is 0 Å². The third-order valence-electron chi connectivity index (χ3n) is 6.09. The maximum Gasteiger partial charge on any atom is 0.0613 e. The van der Waals surface area contributed by atoms with Crippen LogP contribution in [-0.4, -0.2) is 47.3 Å². The fourth-order valence-corrected chi connectivity index (χ4v) is 4.36. The van der Waals surface area contributed by atoms with Crippen molar-refractivity contribution < 1.29 is 5.11 Å². The van der Waals surface area contributed by atoms with E-state index in [0.29, 0.717) is 17.5 Å². The van der Waals surface area contributed by atoms with Gasteiger partial charge in [-0.2, -0.15) is 0 Å². The zero-order valence-electron chi connectivity index (χ0n) is 14.6. The zero-order chi connectivity index (χ0) is 15.5. The lowest BCUT2D eigenvalue weighted by molar-refractivity contribution is 0.0224. The first kappa shape index (κ1) is 17.2. The second kappa shape index (κ2) is 6.97. The Hall–Kier alpha value is -0.120. The van der Waals surface area contributed by atoms with E-state index in [-0.39, 0.29) is 12.1 Å². The van der Waals surface area contributed by atoms with Crippen molar-refractivity contribution in [2.75, 3.05) is 19.7 Å². The number of likely N-dealkylation sites (tertiary alicyclic amines) is 1. The molecular formula is C18H36N2O. The summed E-state index contributed by atoms with van der Waals surface area (Å²) >= 11 is 0. The molecule has 124 valence electrons. The molecule has 0 amide bonds. The molecule has 0 aromatic carbocycles. The minimum atomic E-state index is -0.0391. The molecule has 2 rings (SSSR count). The van der Waals surface area contributed by atoms with Crippen LogP contribution in [0.15, 0.2) is 0 Å². The Morgan fingerprint density at radius 1 is 1.24 bits per heavy atom. The molecular weight excluding hydrogens is 260 g/mol. The van der Waals surface area contributed by atoms with Crippen LogP contribution >= 0.6 is 0 Å². The SMILES string of the molecule is CCC1(C)CCN(C2CCCC(CO)(NC(C)C)C2)CC1. The predicted molar refractivity (Wildman–Crippen MR) is 89.5 cm³/mol. The Bertz CT molecular complexity index is 323. The first-order chi connectivity index (χ1) is 9.92. The average Bonchev–Trinajstić information content (AvgIpc) is 2.47. The number of hydrogen-bond donors (Lipinski definition) is 2. The van der Waals surface area contributed by atoms with Gasteiger partial charge >= 0.3 is 0 Å². The highest BCUT2D eigenvalue weighted by atomic mass is 16.3. The fourth-order valence-electron chi connectivity index (χ4n) is 4.36. The van der Waals surface area contributed by atoms with Gasteiger partial charge in [0.25, 0.3) is 0 Å². The number of rotatable bonds is 5. The van der Waals surface area contributed by atoms with Crippen LogP contribution in [-0.2, 0) is 0 Å². The molecule has 0 bridgehead atoms. The lowest BCUT2D eigenvalue weighted by Gasteiger charge is -2.48. The van der Waals surface area contributed by atoms with E-state index in [1.165, 1.54) is 45.2 Å². The van der Waals surface area contributed by atoms with Crippen molar-refractivity contribution in [1.82, 2.24) is 10.2 Å². The van der Waals surface area contributed by atoms with Crippen LogP contribution < -0.4 is 5.32 Å². The van der Waals surface area contributed by atoms with Crippen molar-refractivity contribution in [3.05, 3.63) is 0 Å². The lowest BCUT2D eigenvalue weighted by atomic mass is 9.75. The van der Waals surface area contributed by atoms with Crippen LogP contribution in [0.4, 0.5) is 0 Å². The average molecular weight is 296 g/mol. The van der Waals surface area contributed by atoms with E-state index in [4.69, 9.17) is 0 Å². The smallest absolute Gasteiger partial charge is 0.0613 e. The second-order valence-corrected chi connectivity index (χ2v) is 8.19. The molecule has 2 N–H and O–H groups in total. The van der Waals surface area contributed by atoms with E-state index < -0.39 is 0 Å². The number of nitrogens with one attached hydrogen (secondary N) is 1. The molecule has 0 radical (unpaired) electrons. The van der Waals surface area contributed by atoms with Crippen molar-refractivity contribution in [3.8, 4) is 0 Å². The molecule has 0 aromatic rings. The van der Waals surface area contributed by atoms with Gasteiger partial charge in [-0.05, 0) is 57.0 Å². The van der Waals surface area contributed by atoms with Crippen molar-refractivity contribution in [2.45, 2.75) is 90.3 Å². The molecule has 2 atom stereocenters. The summed E-state index contributed by atoms with van der Waals surface area (Å²) in [5, 5.41) is 13.6. The molecule has 3 heteroatoms. The van der Waals surface area contributed by atoms with Gasteiger partial charge in [0.15, 0.2) is 0 Å². The highest BCUT2D eigenvalue weighted by molar-refractivity contribution is 4.98. The number of aliphatic hydroxyl groups excluding tert-OH is 1. The minimum Gasteiger partial charge on any atom is -0.394 e. The normalized spacial score (nSPS) is 34.3. The van der Waals surface area contributed by atoms with Crippen LogP contribution in [0.1, 0.15) is 72.6 Å². The number of piperidine rings is 1. The van der Waals surface area contributed by atoms with Gasteiger partial charge in [0.1, 0.15) is 0 Å². The lowest BCUT2D eigenvalue weighted by Crippen LogP contribution is -2.58. The second-order valence-electron chi connectivity index (χ2n) is 8.19. The van der Waals surface area contributed by atoms with E-state index in [1.54, 1.807) is 0 Å². The van der Waals surface area contributed by atoms with Gasteiger partial charge in [-0.25, -0.2) is 0 Å². The summed E-state index contributed by atoms with van der Waals surface area (Å²) in [7, 11) is 0. The van der Waals surface area contributed by atoms with Crippen molar-refractivity contribution in [1.29, 1.82) is 0 Å². The summed E-state index contributed by atoms with van der Waals surface area (Å²) in [4.78, 5) is 2.71. The molecule has 0 spiro atoms. The highest BCUT2D eigenvalue weighted by Crippen LogP contribution is 2.38. The topological polar surface area (TPSA) is 35.5 Å². The van der Waals surface area contributed by atoms with E-state index in [9.17, 15) is 5.11 Å². The third kappa shape index (κ3) is 4.20. The first-order valence-electron chi connectivity index (χ1n) is 9.05. The Labute approximate surface area is 131 Å². The maximum absolute atomic E-state index is 9.95. The molecule has 1 aliphatic carbocycles. The van der Waals surface area contributed by atoms with Crippen LogP contribution in [0.2, 0.25) is 0 Å². The molecule has 1 saturated heterocycles. The number of hydrogen-bond acceptors (Lipinski definition) is 3. The van der Waals surface area contributed by atoms with Crippen LogP contribution in [0.3, 0.4) is 0 Å². The van der Waals surface area contributed by atoms with Gasteiger partial charge < -0.3 is 15.3 Å². The third-order valence-corrected chi connectivity index (χ3v) is 6.09. The maximum atomic E-state index is 9.95. The number of nitrogens with zero attached hydrogens (tertiary/aromatic N) is 1. The van der Waals surface area contributed by atoms with Crippen molar-refractivity contribution in [3.63, 3.8) is 0 Å². The number of aliphatic hydroxyl groups is 1. The fraction of sp³-hybridized carbons (Fsp3) is 1.00. The van der Waals surface area contributed by atoms with E-state index in [1.807, 2.05) is 0 Å². The van der Waals surface area contributed by atoms with Gasteiger partial charge in [0, 0.05) is 17.6 Å². The molecule has 0 aromatic heterocycles. The molecule has 21 heavy (non-hydrogen) atoms. The molecule has 2 fully saturated rings. The first-order valence-corrected chi connectivity index (χ1v) is 9.05. The molecule has 2 aliphatic rings. The minimum absolute atomic E-state index is 0.0391. The summed E-state index contributed by atoms with van der Waals surface area (Å²) in [5.41, 5.74) is 0.526.